The molecule has 1 saturated heterocycles. The summed E-state index contributed by atoms with van der Waals surface area (Å²) < 4.78 is 45.0. The maximum absolute atomic E-state index is 15.0. The quantitative estimate of drug-likeness (QED) is 0.181. The number of benzene rings is 1. The van der Waals surface area contributed by atoms with Gasteiger partial charge in [-0.05, 0) is 72.6 Å². The number of aliphatic carboxylic acids is 1. The van der Waals surface area contributed by atoms with Crippen molar-refractivity contribution in [2.75, 3.05) is 31.2 Å². The maximum Gasteiger partial charge on any atom is 0.314 e. The molecule has 1 unspecified atom stereocenters. The highest BCUT2D eigenvalue weighted by molar-refractivity contribution is 5.80. The molecule has 1 aromatic carbocycles. The van der Waals surface area contributed by atoms with Crippen molar-refractivity contribution >= 4 is 29.0 Å². The average molecular weight is 714 g/mol. The molecule has 14 heteroatoms. The number of imidazole rings is 1. The summed E-state index contributed by atoms with van der Waals surface area (Å²) in [7, 11) is 0. The van der Waals surface area contributed by atoms with Crippen molar-refractivity contribution in [3.8, 4) is 22.5 Å². The van der Waals surface area contributed by atoms with Gasteiger partial charge >= 0.3 is 5.97 Å². The third-order valence-corrected chi connectivity index (χ3v) is 10.8. The Kier molecular flexibility index (Phi) is 8.80. The Bertz CT molecular complexity index is 2170. The van der Waals surface area contributed by atoms with Gasteiger partial charge in [0.2, 0.25) is 5.91 Å². The Labute approximate surface area is 299 Å². The monoisotopic (exact) mass is 713 g/mol. The molecule has 0 radical (unpaired) electrons. The third-order valence-electron chi connectivity index (χ3n) is 10.8. The summed E-state index contributed by atoms with van der Waals surface area (Å²) in [4.78, 5) is 32.8. The number of rotatable bonds is 8. The summed E-state index contributed by atoms with van der Waals surface area (Å²) in [5, 5.41) is 19.0. The highest BCUT2D eigenvalue weighted by atomic mass is 19.3. The van der Waals surface area contributed by atoms with Crippen LogP contribution in [0.15, 0.2) is 47.2 Å². The van der Waals surface area contributed by atoms with Crippen molar-refractivity contribution in [1.82, 2.24) is 29.2 Å². The molecule has 1 N–H and O–H groups in total. The molecule has 1 atom stereocenters. The van der Waals surface area contributed by atoms with Crippen molar-refractivity contribution < 1.29 is 32.7 Å². The standard InChI is InChI=1S/C38H41F2N7O5/c1-21(2)35(38(49)50)33-18-29(43-52-33)32-19-41-34-16-23(6-12-45(32)34)26-15-24-5-4-10-46(31(24)17-27(26)36(39)40)37-28-20-44(22(3)48)11-7-30(28)47(42-37)25-8-13-51-14-9-25/h6,12,15-19,21,25,35-36H,4-5,7-11,13-14,20H2,1-3H3,(H,49,50). The second-order valence-corrected chi connectivity index (χ2v) is 14.3. The fourth-order valence-electron chi connectivity index (χ4n) is 8.07. The number of alkyl halides is 2. The second kappa shape index (κ2) is 13.5. The fraction of sp³-hybridized carbons (Fsp3) is 0.447. The Balaban J connectivity index is 1.16. The number of carbonyl (C=O) groups excluding carboxylic acids is 1. The predicted octanol–water partition coefficient (Wildman–Crippen LogP) is 6.96. The third kappa shape index (κ3) is 5.92. The van der Waals surface area contributed by atoms with Gasteiger partial charge in [0.25, 0.3) is 6.43 Å². The van der Waals surface area contributed by atoms with Crippen molar-refractivity contribution in [2.24, 2.45) is 5.92 Å². The number of anilines is 2. The molecule has 0 spiro atoms. The van der Waals surface area contributed by atoms with Crippen LogP contribution in [0.4, 0.5) is 20.3 Å². The van der Waals surface area contributed by atoms with Gasteiger partial charge in [-0.25, -0.2) is 13.8 Å². The van der Waals surface area contributed by atoms with Gasteiger partial charge in [-0.3, -0.25) is 18.7 Å². The number of nitrogens with zero attached hydrogens (tertiary/aromatic N) is 7. The van der Waals surface area contributed by atoms with Gasteiger partial charge in [-0.1, -0.05) is 19.0 Å². The molecule has 3 aliphatic heterocycles. The molecule has 1 fully saturated rings. The number of amides is 1. The molecule has 1 amide bonds. The van der Waals surface area contributed by atoms with Crippen LogP contribution in [0.1, 0.15) is 86.6 Å². The summed E-state index contributed by atoms with van der Waals surface area (Å²) in [6.07, 6.45) is 4.57. The van der Waals surface area contributed by atoms with Crippen LogP contribution in [0.25, 0.3) is 28.2 Å². The minimum absolute atomic E-state index is 0.00406. The normalized spacial score (nSPS) is 17.2. The van der Waals surface area contributed by atoms with E-state index in [2.05, 4.69) is 19.7 Å². The topological polar surface area (TPSA) is 131 Å². The maximum atomic E-state index is 15.0. The largest absolute Gasteiger partial charge is 0.481 e. The van der Waals surface area contributed by atoms with E-state index in [1.54, 1.807) is 61.8 Å². The lowest BCUT2D eigenvalue weighted by Crippen LogP contribution is -2.36. The Morgan fingerprint density at radius 1 is 1.06 bits per heavy atom. The average Bonchev–Trinajstić information content (AvgIpc) is 3.87. The van der Waals surface area contributed by atoms with E-state index in [1.165, 1.54) is 0 Å². The van der Waals surface area contributed by atoms with Crippen molar-refractivity contribution in [2.45, 2.75) is 77.8 Å². The van der Waals surface area contributed by atoms with E-state index in [0.29, 0.717) is 67.4 Å². The van der Waals surface area contributed by atoms with Gasteiger partial charge in [0.1, 0.15) is 17.3 Å². The lowest BCUT2D eigenvalue weighted by atomic mass is 9.92. The van der Waals surface area contributed by atoms with E-state index in [9.17, 15) is 14.7 Å². The number of hydrogen-bond donors (Lipinski definition) is 1. The number of aryl methyl sites for hydroxylation is 1. The molecule has 0 saturated carbocycles. The molecule has 52 heavy (non-hydrogen) atoms. The number of carboxylic acid groups (broad SMARTS) is 1. The number of pyridine rings is 1. The van der Waals surface area contributed by atoms with E-state index in [0.717, 1.165) is 54.0 Å². The summed E-state index contributed by atoms with van der Waals surface area (Å²) in [6, 6.07) is 8.85. The molecule has 12 nitrogen and oxygen atoms in total. The number of halogens is 2. The first-order chi connectivity index (χ1) is 25.1. The number of carbonyl (C=O) groups is 2. The minimum atomic E-state index is -2.74. The van der Waals surface area contributed by atoms with Crippen LogP contribution in [0.5, 0.6) is 0 Å². The number of hydrogen-bond acceptors (Lipinski definition) is 8. The van der Waals surface area contributed by atoms with E-state index < -0.39 is 18.3 Å². The summed E-state index contributed by atoms with van der Waals surface area (Å²) in [6.45, 7) is 8.21. The SMILES string of the molecule is CC(=O)N1CCc2c(c(N3CCCc4cc(-c5ccn6c(-c7cc(C(C(=O)O)C(C)C)on7)cnc6c5)c(C(F)F)cc43)nn2C2CCOCC2)C1. The number of fused-ring (bicyclic) bond motifs is 3. The van der Waals surface area contributed by atoms with E-state index >= 15 is 8.78 Å². The summed E-state index contributed by atoms with van der Waals surface area (Å²) >= 11 is 0. The Morgan fingerprint density at radius 2 is 1.87 bits per heavy atom. The van der Waals surface area contributed by atoms with E-state index in [-0.39, 0.29) is 29.2 Å². The van der Waals surface area contributed by atoms with Crippen molar-refractivity contribution in [3.05, 3.63) is 70.9 Å². The van der Waals surface area contributed by atoms with Gasteiger partial charge in [-0.15, -0.1) is 0 Å². The predicted molar refractivity (Wildman–Crippen MR) is 188 cm³/mol. The highest BCUT2D eigenvalue weighted by Gasteiger charge is 2.34. The second-order valence-electron chi connectivity index (χ2n) is 14.3. The molecular weight excluding hydrogens is 672 g/mol. The summed E-state index contributed by atoms with van der Waals surface area (Å²) in [5.74, 6) is -1.04. The zero-order valence-corrected chi connectivity index (χ0v) is 29.4. The van der Waals surface area contributed by atoms with Crippen LogP contribution in [-0.4, -0.2) is 72.5 Å². The molecule has 3 aliphatic rings. The minimum Gasteiger partial charge on any atom is -0.481 e. The molecule has 4 aromatic heterocycles. The summed E-state index contributed by atoms with van der Waals surface area (Å²) in [5.41, 5.74) is 6.28. The van der Waals surface area contributed by atoms with Crippen LogP contribution in [-0.2, 0) is 33.7 Å². The van der Waals surface area contributed by atoms with Gasteiger partial charge in [0.15, 0.2) is 11.6 Å². The number of ether oxygens (including phenoxy) is 1. The zero-order chi connectivity index (χ0) is 36.3. The van der Waals surface area contributed by atoms with E-state index in [1.807, 2.05) is 11.0 Å². The zero-order valence-electron chi connectivity index (χ0n) is 29.4. The van der Waals surface area contributed by atoms with Crippen LogP contribution < -0.4 is 4.90 Å². The number of aromatic nitrogens is 5. The molecule has 5 aromatic rings. The smallest absolute Gasteiger partial charge is 0.314 e. The van der Waals surface area contributed by atoms with Gasteiger partial charge in [0.05, 0.1) is 24.5 Å². The van der Waals surface area contributed by atoms with Crippen LogP contribution in [0, 0.1) is 5.92 Å². The van der Waals surface area contributed by atoms with Crippen LogP contribution in [0.2, 0.25) is 0 Å². The molecule has 0 bridgehead atoms. The molecule has 0 aliphatic carbocycles. The first kappa shape index (κ1) is 34.0. The first-order valence-corrected chi connectivity index (χ1v) is 17.9. The van der Waals surface area contributed by atoms with Gasteiger partial charge in [0, 0.05) is 74.4 Å². The first-order valence-electron chi connectivity index (χ1n) is 17.9. The van der Waals surface area contributed by atoms with Crippen LogP contribution >= 0.6 is 0 Å². The lowest BCUT2D eigenvalue weighted by Gasteiger charge is -2.33. The van der Waals surface area contributed by atoms with Crippen molar-refractivity contribution in [3.63, 3.8) is 0 Å². The molecule has 7 heterocycles. The molecular formula is C38H41F2N7O5. The van der Waals surface area contributed by atoms with Gasteiger partial charge < -0.3 is 24.2 Å². The van der Waals surface area contributed by atoms with E-state index in [4.69, 9.17) is 14.4 Å². The Morgan fingerprint density at radius 3 is 2.60 bits per heavy atom. The Hall–Kier alpha value is -5.11. The van der Waals surface area contributed by atoms with Gasteiger partial charge in [-0.2, -0.15) is 5.10 Å². The fourth-order valence-corrected chi connectivity index (χ4v) is 8.07. The highest BCUT2D eigenvalue weighted by Crippen LogP contribution is 2.44. The van der Waals surface area contributed by atoms with Crippen molar-refractivity contribution in [1.29, 1.82) is 0 Å². The lowest BCUT2D eigenvalue weighted by molar-refractivity contribution is -0.140. The molecule has 8 rings (SSSR count). The number of carboxylic acids is 1. The molecule has 272 valence electrons. The van der Waals surface area contributed by atoms with Crippen LogP contribution in [0.3, 0.4) is 0 Å².